The molecule has 0 aromatic heterocycles. The van der Waals surface area contributed by atoms with E-state index in [1.165, 1.54) is 0 Å². The van der Waals surface area contributed by atoms with Crippen molar-refractivity contribution >= 4 is 31.6 Å². The van der Waals surface area contributed by atoms with Crippen LogP contribution in [0.5, 0.6) is 0 Å². The molecule has 0 aliphatic rings. The number of anilines is 1. The van der Waals surface area contributed by atoms with E-state index >= 15 is 0 Å². The minimum atomic E-state index is -3.58. The van der Waals surface area contributed by atoms with E-state index in [4.69, 9.17) is 5.73 Å². The molecule has 4 nitrogen and oxygen atoms in total. The predicted molar refractivity (Wildman–Crippen MR) is 84.0 cm³/mol. The van der Waals surface area contributed by atoms with Crippen LogP contribution in [0.15, 0.2) is 57.9 Å². The van der Waals surface area contributed by atoms with Gasteiger partial charge in [0.1, 0.15) is 0 Å². The molecule has 2 aromatic rings. The largest absolute Gasteiger partial charge is 0.324 e. The molecule has 6 heteroatoms. The van der Waals surface area contributed by atoms with Crippen LogP contribution in [-0.2, 0) is 10.0 Å². The molecule has 0 aliphatic heterocycles. The lowest BCUT2D eigenvalue weighted by Gasteiger charge is -2.10. The van der Waals surface area contributed by atoms with Crippen molar-refractivity contribution in [2.75, 3.05) is 4.72 Å². The minimum Gasteiger partial charge on any atom is -0.324 e. The number of halogens is 1. The van der Waals surface area contributed by atoms with E-state index in [9.17, 15) is 8.42 Å². The van der Waals surface area contributed by atoms with Crippen LogP contribution >= 0.6 is 15.9 Å². The highest BCUT2D eigenvalue weighted by atomic mass is 79.9. The molecule has 1 atom stereocenters. The molecule has 2 aromatic carbocycles. The molecule has 20 heavy (non-hydrogen) atoms. The smallest absolute Gasteiger partial charge is 0.261 e. The highest BCUT2D eigenvalue weighted by Crippen LogP contribution is 2.20. The summed E-state index contributed by atoms with van der Waals surface area (Å²) in [5.74, 6) is 0. The van der Waals surface area contributed by atoms with Crippen molar-refractivity contribution in [2.45, 2.75) is 17.9 Å². The molecule has 0 bridgehead atoms. The van der Waals surface area contributed by atoms with Crippen molar-refractivity contribution in [2.24, 2.45) is 5.73 Å². The molecular weight excluding hydrogens is 340 g/mol. The molecule has 0 radical (unpaired) electrons. The Morgan fingerprint density at radius 2 is 1.80 bits per heavy atom. The lowest BCUT2D eigenvalue weighted by molar-refractivity contribution is 0.601. The fourth-order valence-electron chi connectivity index (χ4n) is 1.72. The quantitative estimate of drug-likeness (QED) is 0.884. The van der Waals surface area contributed by atoms with E-state index in [0.717, 1.165) is 10.0 Å². The van der Waals surface area contributed by atoms with E-state index < -0.39 is 10.0 Å². The average Bonchev–Trinajstić information content (AvgIpc) is 2.38. The van der Waals surface area contributed by atoms with Crippen molar-refractivity contribution in [1.29, 1.82) is 0 Å². The molecule has 2 rings (SSSR count). The second-order valence-corrected chi connectivity index (χ2v) is 7.07. The van der Waals surface area contributed by atoms with Gasteiger partial charge < -0.3 is 5.73 Å². The van der Waals surface area contributed by atoms with Crippen LogP contribution in [0.25, 0.3) is 0 Å². The van der Waals surface area contributed by atoms with Crippen LogP contribution in [0.4, 0.5) is 5.69 Å². The number of sulfonamides is 1. The van der Waals surface area contributed by atoms with Gasteiger partial charge in [0.25, 0.3) is 10.0 Å². The Kier molecular flexibility index (Phi) is 4.47. The lowest BCUT2D eigenvalue weighted by Crippen LogP contribution is -2.13. The summed E-state index contributed by atoms with van der Waals surface area (Å²) >= 11 is 3.30. The van der Waals surface area contributed by atoms with Crippen LogP contribution in [0.1, 0.15) is 18.5 Å². The maximum absolute atomic E-state index is 12.2. The van der Waals surface area contributed by atoms with Crippen LogP contribution < -0.4 is 10.5 Å². The van der Waals surface area contributed by atoms with Gasteiger partial charge in [0.15, 0.2) is 0 Å². The van der Waals surface area contributed by atoms with Crippen molar-refractivity contribution in [3.8, 4) is 0 Å². The zero-order valence-electron chi connectivity index (χ0n) is 10.9. The van der Waals surface area contributed by atoms with Crippen LogP contribution in [-0.4, -0.2) is 8.42 Å². The molecule has 3 N–H and O–H groups in total. The van der Waals surface area contributed by atoms with Gasteiger partial charge in [0.2, 0.25) is 0 Å². The van der Waals surface area contributed by atoms with Crippen molar-refractivity contribution in [3.05, 3.63) is 58.6 Å². The fraction of sp³-hybridized carbons (Fsp3) is 0.143. The number of hydrogen-bond donors (Lipinski definition) is 2. The molecule has 0 fully saturated rings. The van der Waals surface area contributed by atoms with Gasteiger partial charge >= 0.3 is 0 Å². The molecule has 0 aliphatic carbocycles. The Morgan fingerprint density at radius 1 is 1.15 bits per heavy atom. The standard InChI is InChI=1S/C14H15BrN2O2S/c1-10(16)11-5-7-14(8-6-11)20(18,19)17-13-4-2-3-12(15)9-13/h2-10,17H,16H2,1H3. The van der Waals surface area contributed by atoms with E-state index in [-0.39, 0.29) is 10.9 Å². The maximum atomic E-state index is 12.2. The Bertz CT molecular complexity index is 697. The van der Waals surface area contributed by atoms with Gasteiger partial charge in [0.05, 0.1) is 4.90 Å². The third-order valence-corrected chi connectivity index (χ3v) is 4.68. The number of nitrogens with two attached hydrogens (primary N) is 1. The van der Waals surface area contributed by atoms with Crippen molar-refractivity contribution in [1.82, 2.24) is 0 Å². The Labute approximate surface area is 127 Å². The summed E-state index contributed by atoms with van der Waals surface area (Å²) in [5, 5.41) is 0. The number of rotatable bonds is 4. The molecular formula is C14H15BrN2O2S. The average molecular weight is 355 g/mol. The topological polar surface area (TPSA) is 72.2 Å². The Hall–Kier alpha value is -1.37. The first-order chi connectivity index (χ1) is 9.38. The molecule has 0 heterocycles. The zero-order valence-corrected chi connectivity index (χ0v) is 13.3. The number of hydrogen-bond acceptors (Lipinski definition) is 3. The minimum absolute atomic E-state index is 0.121. The summed E-state index contributed by atoms with van der Waals surface area (Å²) in [6, 6.07) is 13.4. The van der Waals surface area contributed by atoms with Crippen LogP contribution in [0.3, 0.4) is 0 Å². The van der Waals surface area contributed by atoms with Gasteiger partial charge in [-0.15, -0.1) is 0 Å². The molecule has 0 amide bonds. The van der Waals surface area contributed by atoms with Gasteiger partial charge in [-0.3, -0.25) is 4.72 Å². The lowest BCUT2D eigenvalue weighted by atomic mass is 10.1. The van der Waals surface area contributed by atoms with Gasteiger partial charge in [-0.25, -0.2) is 8.42 Å². The molecule has 0 saturated carbocycles. The van der Waals surface area contributed by atoms with Gasteiger partial charge in [-0.2, -0.15) is 0 Å². The molecule has 0 spiro atoms. The second-order valence-electron chi connectivity index (χ2n) is 4.47. The summed E-state index contributed by atoms with van der Waals surface area (Å²) in [6.07, 6.45) is 0. The summed E-state index contributed by atoms with van der Waals surface area (Å²) in [6.45, 7) is 1.85. The van der Waals surface area contributed by atoms with Crippen LogP contribution in [0.2, 0.25) is 0 Å². The Morgan fingerprint density at radius 3 is 2.35 bits per heavy atom. The first-order valence-electron chi connectivity index (χ1n) is 6.02. The molecule has 106 valence electrons. The van der Waals surface area contributed by atoms with Gasteiger partial charge in [-0.05, 0) is 42.8 Å². The van der Waals surface area contributed by atoms with E-state index in [1.54, 1.807) is 42.5 Å². The first kappa shape index (κ1) is 15.0. The number of nitrogens with one attached hydrogen (secondary N) is 1. The monoisotopic (exact) mass is 354 g/mol. The zero-order chi connectivity index (χ0) is 14.8. The summed E-state index contributed by atoms with van der Waals surface area (Å²) in [4.78, 5) is 0.210. The molecule has 1 unspecified atom stereocenters. The highest BCUT2D eigenvalue weighted by molar-refractivity contribution is 9.10. The Balaban J connectivity index is 2.26. The van der Waals surface area contributed by atoms with Gasteiger partial charge in [-0.1, -0.05) is 34.1 Å². The SMILES string of the molecule is CC(N)c1ccc(S(=O)(=O)Nc2cccc(Br)c2)cc1. The summed E-state index contributed by atoms with van der Waals surface area (Å²) in [7, 11) is -3.58. The molecule has 0 saturated heterocycles. The van der Waals surface area contributed by atoms with Crippen molar-refractivity contribution in [3.63, 3.8) is 0 Å². The van der Waals surface area contributed by atoms with E-state index in [0.29, 0.717) is 5.69 Å². The third kappa shape index (κ3) is 3.59. The maximum Gasteiger partial charge on any atom is 0.261 e. The second kappa shape index (κ2) is 5.95. The van der Waals surface area contributed by atoms with E-state index in [1.807, 2.05) is 13.0 Å². The number of benzene rings is 2. The van der Waals surface area contributed by atoms with Crippen LogP contribution in [0, 0.1) is 0 Å². The summed E-state index contributed by atoms with van der Waals surface area (Å²) < 4.78 is 27.8. The fourth-order valence-corrected chi connectivity index (χ4v) is 3.17. The highest BCUT2D eigenvalue weighted by Gasteiger charge is 2.14. The predicted octanol–water partition coefficient (Wildman–Crippen LogP) is 3.27. The van der Waals surface area contributed by atoms with E-state index in [2.05, 4.69) is 20.7 Å². The first-order valence-corrected chi connectivity index (χ1v) is 8.30. The summed E-state index contributed by atoms with van der Waals surface area (Å²) in [5.41, 5.74) is 7.15. The normalized spacial score (nSPS) is 12.9. The van der Waals surface area contributed by atoms with Crippen molar-refractivity contribution < 1.29 is 8.42 Å². The third-order valence-electron chi connectivity index (χ3n) is 2.79. The van der Waals surface area contributed by atoms with Gasteiger partial charge in [0, 0.05) is 16.2 Å².